The summed E-state index contributed by atoms with van der Waals surface area (Å²) in [5, 5.41) is 12.5. The van der Waals surface area contributed by atoms with Gasteiger partial charge in [0.05, 0.1) is 11.9 Å². The van der Waals surface area contributed by atoms with Crippen LogP contribution in [0.15, 0.2) is 18.5 Å². The maximum absolute atomic E-state index is 4.20. The summed E-state index contributed by atoms with van der Waals surface area (Å²) in [5.41, 5.74) is 1.91. The summed E-state index contributed by atoms with van der Waals surface area (Å²) in [7, 11) is 1.92. The number of hydrogen-bond donors (Lipinski definition) is 0. The molecule has 1 aliphatic rings. The summed E-state index contributed by atoms with van der Waals surface area (Å²) >= 11 is 0. The third-order valence-corrected chi connectivity index (χ3v) is 3.54. The maximum Gasteiger partial charge on any atom is 0.131 e. The van der Waals surface area contributed by atoms with Gasteiger partial charge in [-0.1, -0.05) is 12.1 Å². The maximum atomic E-state index is 4.20. The Morgan fingerprint density at radius 2 is 2.24 bits per heavy atom. The van der Waals surface area contributed by atoms with Gasteiger partial charge < -0.3 is 0 Å². The SMILES string of the molecule is CC1CC(Cn2cc(-c3ccnn3C)nn2)C1. The molecule has 1 aliphatic carbocycles. The lowest BCUT2D eigenvalue weighted by Crippen LogP contribution is -2.25. The zero-order valence-corrected chi connectivity index (χ0v) is 10.2. The van der Waals surface area contributed by atoms with Gasteiger partial charge in [0.2, 0.25) is 0 Å². The molecule has 0 amide bonds. The van der Waals surface area contributed by atoms with Crippen LogP contribution in [-0.4, -0.2) is 24.8 Å². The third kappa shape index (κ3) is 1.97. The van der Waals surface area contributed by atoms with E-state index in [4.69, 9.17) is 0 Å². The van der Waals surface area contributed by atoms with E-state index in [2.05, 4.69) is 22.3 Å². The molecule has 1 saturated carbocycles. The van der Waals surface area contributed by atoms with Crippen LogP contribution < -0.4 is 0 Å². The molecule has 2 aromatic heterocycles. The van der Waals surface area contributed by atoms with E-state index >= 15 is 0 Å². The summed E-state index contributed by atoms with van der Waals surface area (Å²) < 4.78 is 3.78. The summed E-state index contributed by atoms with van der Waals surface area (Å²) in [6.45, 7) is 3.30. The van der Waals surface area contributed by atoms with Crippen molar-refractivity contribution >= 4 is 0 Å². The zero-order valence-electron chi connectivity index (χ0n) is 10.2. The molecule has 3 rings (SSSR count). The number of rotatable bonds is 3. The van der Waals surface area contributed by atoms with Gasteiger partial charge in [-0.05, 0) is 30.7 Å². The Morgan fingerprint density at radius 3 is 2.88 bits per heavy atom. The fraction of sp³-hybridized carbons (Fsp3) is 0.583. The lowest BCUT2D eigenvalue weighted by molar-refractivity contribution is 0.181. The Balaban J connectivity index is 1.72. The average molecular weight is 231 g/mol. The number of aromatic nitrogens is 5. The average Bonchev–Trinajstić information content (AvgIpc) is 2.84. The lowest BCUT2D eigenvalue weighted by Gasteiger charge is -2.32. The van der Waals surface area contributed by atoms with Gasteiger partial charge in [0.15, 0.2) is 0 Å². The fourth-order valence-corrected chi connectivity index (χ4v) is 2.61. The van der Waals surface area contributed by atoms with Crippen molar-refractivity contribution in [1.82, 2.24) is 24.8 Å². The van der Waals surface area contributed by atoms with E-state index in [0.717, 1.165) is 29.8 Å². The minimum absolute atomic E-state index is 0.783. The molecule has 1 fully saturated rings. The number of hydrogen-bond acceptors (Lipinski definition) is 3. The van der Waals surface area contributed by atoms with Crippen molar-refractivity contribution in [2.75, 3.05) is 0 Å². The Bertz CT molecular complexity index is 506. The summed E-state index contributed by atoms with van der Waals surface area (Å²) in [5.74, 6) is 1.67. The van der Waals surface area contributed by atoms with E-state index in [-0.39, 0.29) is 0 Å². The molecular formula is C12H17N5. The number of nitrogens with zero attached hydrogens (tertiary/aromatic N) is 5. The topological polar surface area (TPSA) is 48.5 Å². The number of aryl methyl sites for hydroxylation is 1. The van der Waals surface area contributed by atoms with Gasteiger partial charge in [0.1, 0.15) is 5.69 Å². The molecular weight excluding hydrogens is 214 g/mol. The second kappa shape index (κ2) is 3.98. The van der Waals surface area contributed by atoms with Gasteiger partial charge >= 0.3 is 0 Å². The van der Waals surface area contributed by atoms with Crippen molar-refractivity contribution in [3.8, 4) is 11.4 Å². The minimum atomic E-state index is 0.783. The molecule has 2 heterocycles. The van der Waals surface area contributed by atoms with E-state index in [0.29, 0.717) is 0 Å². The summed E-state index contributed by atoms with van der Waals surface area (Å²) in [6.07, 6.45) is 6.43. The first kappa shape index (κ1) is 10.5. The van der Waals surface area contributed by atoms with Gasteiger partial charge in [-0.25, -0.2) is 0 Å². The van der Waals surface area contributed by atoms with Gasteiger partial charge in [-0.2, -0.15) is 5.10 Å². The highest BCUT2D eigenvalue weighted by Crippen LogP contribution is 2.34. The minimum Gasteiger partial charge on any atom is -0.266 e. The van der Waals surface area contributed by atoms with Crippen molar-refractivity contribution in [3.63, 3.8) is 0 Å². The molecule has 90 valence electrons. The van der Waals surface area contributed by atoms with Crippen molar-refractivity contribution in [1.29, 1.82) is 0 Å². The molecule has 0 saturated heterocycles. The second-order valence-corrected chi connectivity index (χ2v) is 5.11. The van der Waals surface area contributed by atoms with Gasteiger partial charge in [-0.3, -0.25) is 9.36 Å². The van der Waals surface area contributed by atoms with Crippen LogP contribution in [0, 0.1) is 11.8 Å². The van der Waals surface area contributed by atoms with E-state index in [1.54, 1.807) is 6.20 Å². The van der Waals surface area contributed by atoms with E-state index in [1.165, 1.54) is 12.8 Å². The standard InChI is InChI=1S/C12H17N5/c1-9-5-10(6-9)7-17-8-11(14-15-17)12-3-4-13-16(12)2/h3-4,8-10H,5-7H2,1-2H3. The normalized spacial score (nSPS) is 23.6. The van der Waals surface area contributed by atoms with E-state index in [9.17, 15) is 0 Å². The predicted molar refractivity (Wildman–Crippen MR) is 64.1 cm³/mol. The largest absolute Gasteiger partial charge is 0.266 e. The first-order valence-corrected chi connectivity index (χ1v) is 6.11. The van der Waals surface area contributed by atoms with E-state index in [1.807, 2.05) is 28.7 Å². The highest BCUT2D eigenvalue weighted by Gasteiger charge is 2.25. The first-order chi connectivity index (χ1) is 8.22. The second-order valence-electron chi connectivity index (χ2n) is 5.11. The van der Waals surface area contributed by atoms with E-state index < -0.39 is 0 Å². The zero-order chi connectivity index (χ0) is 11.8. The van der Waals surface area contributed by atoms with Gasteiger partial charge in [-0.15, -0.1) is 5.10 Å². The van der Waals surface area contributed by atoms with Crippen LogP contribution in [0.2, 0.25) is 0 Å². The van der Waals surface area contributed by atoms with Crippen LogP contribution in [0.5, 0.6) is 0 Å². The Kier molecular flexibility index (Phi) is 2.46. The Hall–Kier alpha value is -1.65. The molecule has 5 heteroatoms. The summed E-state index contributed by atoms with van der Waals surface area (Å²) in [6, 6.07) is 1.96. The van der Waals surface area contributed by atoms with Crippen molar-refractivity contribution < 1.29 is 0 Å². The van der Waals surface area contributed by atoms with Crippen molar-refractivity contribution in [2.24, 2.45) is 18.9 Å². The fourth-order valence-electron chi connectivity index (χ4n) is 2.61. The molecule has 0 N–H and O–H groups in total. The van der Waals surface area contributed by atoms with Crippen molar-refractivity contribution in [2.45, 2.75) is 26.3 Å². The van der Waals surface area contributed by atoms with Crippen LogP contribution in [0.25, 0.3) is 11.4 Å². The molecule has 0 bridgehead atoms. The molecule has 17 heavy (non-hydrogen) atoms. The quantitative estimate of drug-likeness (QED) is 0.808. The van der Waals surface area contributed by atoms with Crippen LogP contribution in [0.1, 0.15) is 19.8 Å². The highest BCUT2D eigenvalue weighted by molar-refractivity contribution is 5.51. The predicted octanol–water partition coefficient (Wildman–Crippen LogP) is 1.72. The molecule has 0 radical (unpaired) electrons. The Morgan fingerprint density at radius 1 is 1.41 bits per heavy atom. The molecule has 0 atom stereocenters. The molecule has 0 aliphatic heterocycles. The molecule has 0 aromatic carbocycles. The molecule has 2 aromatic rings. The molecule has 5 nitrogen and oxygen atoms in total. The highest BCUT2D eigenvalue weighted by atomic mass is 15.4. The van der Waals surface area contributed by atoms with Gasteiger partial charge in [0, 0.05) is 19.8 Å². The molecule has 0 unspecified atom stereocenters. The lowest BCUT2D eigenvalue weighted by atomic mass is 9.76. The third-order valence-electron chi connectivity index (χ3n) is 3.54. The van der Waals surface area contributed by atoms with Crippen LogP contribution in [0.3, 0.4) is 0 Å². The monoisotopic (exact) mass is 231 g/mol. The smallest absolute Gasteiger partial charge is 0.131 e. The molecule has 0 spiro atoms. The van der Waals surface area contributed by atoms with Crippen LogP contribution >= 0.6 is 0 Å². The van der Waals surface area contributed by atoms with Crippen LogP contribution in [0.4, 0.5) is 0 Å². The van der Waals surface area contributed by atoms with Crippen LogP contribution in [-0.2, 0) is 13.6 Å². The van der Waals surface area contributed by atoms with Gasteiger partial charge in [0.25, 0.3) is 0 Å². The van der Waals surface area contributed by atoms with Crippen molar-refractivity contribution in [3.05, 3.63) is 18.5 Å². The Labute approximate surface area is 100 Å². The first-order valence-electron chi connectivity index (χ1n) is 6.11. The summed E-state index contributed by atoms with van der Waals surface area (Å²) in [4.78, 5) is 0.